The second-order valence-corrected chi connectivity index (χ2v) is 5.65. The molecule has 2 aromatic carbocycles. The summed E-state index contributed by atoms with van der Waals surface area (Å²) in [6.45, 7) is 1.22. The Morgan fingerprint density at radius 1 is 1.27 bits per heavy atom. The molecule has 2 N–H and O–H groups in total. The maximum Gasteiger partial charge on any atom is 0.251 e. The van der Waals surface area contributed by atoms with E-state index in [1.165, 1.54) is 11.3 Å². The summed E-state index contributed by atoms with van der Waals surface area (Å²) in [7, 11) is 2.07. The van der Waals surface area contributed by atoms with Gasteiger partial charge in [0, 0.05) is 31.4 Å². The molecule has 4 nitrogen and oxygen atoms in total. The standard InChI is InChI=1S/C18H20N2O2/c1-20-10-9-14-11-15(7-8-16(14)20)17(21)12-19-18(22)13-5-3-2-4-6-13/h2-8,11,17,21H,9-10,12H2,1H3,(H,19,22). The van der Waals surface area contributed by atoms with Gasteiger partial charge in [-0.3, -0.25) is 4.79 Å². The van der Waals surface area contributed by atoms with Gasteiger partial charge in [0.2, 0.25) is 0 Å². The Labute approximate surface area is 130 Å². The average molecular weight is 296 g/mol. The second-order valence-electron chi connectivity index (χ2n) is 5.65. The van der Waals surface area contributed by atoms with Gasteiger partial charge in [-0.25, -0.2) is 0 Å². The van der Waals surface area contributed by atoms with Crippen LogP contribution in [0.5, 0.6) is 0 Å². The summed E-state index contributed by atoms with van der Waals surface area (Å²) in [6, 6.07) is 15.0. The van der Waals surface area contributed by atoms with Gasteiger partial charge in [0.1, 0.15) is 0 Å². The summed E-state index contributed by atoms with van der Waals surface area (Å²) >= 11 is 0. The van der Waals surface area contributed by atoms with Crippen LogP contribution < -0.4 is 10.2 Å². The molecule has 4 heteroatoms. The molecule has 0 aromatic heterocycles. The van der Waals surface area contributed by atoms with Gasteiger partial charge in [0.05, 0.1) is 6.10 Å². The lowest BCUT2D eigenvalue weighted by molar-refractivity contribution is 0.0916. The van der Waals surface area contributed by atoms with Gasteiger partial charge in [-0.15, -0.1) is 0 Å². The Bertz CT molecular complexity index is 670. The van der Waals surface area contributed by atoms with Gasteiger partial charge in [-0.05, 0) is 35.7 Å². The molecule has 114 valence electrons. The Kier molecular flexibility index (Phi) is 4.11. The van der Waals surface area contributed by atoms with E-state index in [1.54, 1.807) is 12.1 Å². The molecular weight excluding hydrogens is 276 g/mol. The quantitative estimate of drug-likeness (QED) is 0.909. The van der Waals surface area contributed by atoms with E-state index in [9.17, 15) is 9.90 Å². The molecule has 1 amide bonds. The number of carbonyl (C=O) groups is 1. The fraction of sp³-hybridized carbons (Fsp3) is 0.278. The number of carbonyl (C=O) groups excluding carboxylic acids is 1. The van der Waals surface area contributed by atoms with E-state index in [-0.39, 0.29) is 12.5 Å². The lowest BCUT2D eigenvalue weighted by atomic mass is 10.0. The lowest BCUT2D eigenvalue weighted by Crippen LogP contribution is -2.28. The van der Waals surface area contributed by atoms with Gasteiger partial charge >= 0.3 is 0 Å². The molecule has 1 aliphatic heterocycles. The van der Waals surface area contributed by atoms with Crippen LogP contribution in [0.15, 0.2) is 48.5 Å². The monoisotopic (exact) mass is 296 g/mol. The smallest absolute Gasteiger partial charge is 0.251 e. The number of hydrogen-bond acceptors (Lipinski definition) is 3. The largest absolute Gasteiger partial charge is 0.387 e. The zero-order valence-corrected chi connectivity index (χ0v) is 12.6. The van der Waals surface area contributed by atoms with E-state index in [0.717, 1.165) is 18.5 Å². The fourth-order valence-corrected chi connectivity index (χ4v) is 2.79. The first-order valence-electron chi connectivity index (χ1n) is 7.50. The molecule has 0 saturated heterocycles. The van der Waals surface area contributed by atoms with Crippen molar-refractivity contribution >= 4 is 11.6 Å². The topological polar surface area (TPSA) is 52.6 Å². The van der Waals surface area contributed by atoms with Crippen LogP contribution >= 0.6 is 0 Å². The summed E-state index contributed by atoms with van der Waals surface area (Å²) in [5, 5.41) is 13.1. The number of aliphatic hydroxyl groups is 1. The number of nitrogens with zero attached hydrogens (tertiary/aromatic N) is 1. The highest BCUT2D eigenvalue weighted by Gasteiger charge is 2.18. The molecule has 1 unspecified atom stereocenters. The molecule has 1 heterocycles. The number of rotatable bonds is 4. The van der Waals surface area contributed by atoms with Crippen molar-refractivity contribution in [2.24, 2.45) is 0 Å². The van der Waals surface area contributed by atoms with E-state index in [0.29, 0.717) is 5.56 Å². The third-order valence-electron chi connectivity index (χ3n) is 4.11. The van der Waals surface area contributed by atoms with Crippen molar-refractivity contribution in [2.75, 3.05) is 25.0 Å². The molecule has 0 aliphatic carbocycles. The third-order valence-corrected chi connectivity index (χ3v) is 4.11. The summed E-state index contributed by atoms with van der Waals surface area (Å²) in [6.07, 6.45) is 0.312. The Balaban J connectivity index is 1.63. The zero-order chi connectivity index (χ0) is 15.5. The Hall–Kier alpha value is -2.33. The maximum absolute atomic E-state index is 12.0. The Morgan fingerprint density at radius 3 is 2.82 bits per heavy atom. The van der Waals surface area contributed by atoms with Crippen LogP contribution in [0.2, 0.25) is 0 Å². The molecule has 3 rings (SSSR count). The minimum atomic E-state index is -0.691. The molecule has 22 heavy (non-hydrogen) atoms. The highest BCUT2D eigenvalue weighted by molar-refractivity contribution is 5.94. The summed E-state index contributed by atoms with van der Waals surface area (Å²) in [4.78, 5) is 14.2. The van der Waals surface area contributed by atoms with Gasteiger partial charge in [0.25, 0.3) is 5.91 Å². The van der Waals surface area contributed by atoms with E-state index in [2.05, 4.69) is 17.3 Å². The molecule has 0 spiro atoms. The number of hydrogen-bond donors (Lipinski definition) is 2. The second kappa shape index (κ2) is 6.20. The van der Waals surface area contributed by atoms with Gasteiger partial charge in [0.15, 0.2) is 0 Å². The first kappa shape index (κ1) is 14.6. The number of benzene rings is 2. The van der Waals surface area contributed by atoms with Crippen molar-refractivity contribution in [3.8, 4) is 0 Å². The van der Waals surface area contributed by atoms with Crippen LogP contribution in [0.4, 0.5) is 5.69 Å². The van der Waals surface area contributed by atoms with E-state index in [4.69, 9.17) is 0 Å². The van der Waals surface area contributed by atoms with Crippen molar-refractivity contribution in [1.82, 2.24) is 5.32 Å². The predicted molar refractivity (Wildman–Crippen MR) is 87.2 cm³/mol. The number of nitrogens with one attached hydrogen (secondary N) is 1. The minimum absolute atomic E-state index is 0.166. The molecule has 0 saturated carbocycles. The third kappa shape index (κ3) is 2.97. The van der Waals surface area contributed by atoms with Gasteiger partial charge < -0.3 is 15.3 Å². The highest BCUT2D eigenvalue weighted by Crippen LogP contribution is 2.29. The zero-order valence-electron chi connectivity index (χ0n) is 12.6. The number of amides is 1. The van der Waals surface area contributed by atoms with E-state index < -0.39 is 6.10 Å². The van der Waals surface area contributed by atoms with Crippen LogP contribution in [0.25, 0.3) is 0 Å². The van der Waals surface area contributed by atoms with Crippen LogP contribution in [0.3, 0.4) is 0 Å². The molecule has 1 atom stereocenters. The maximum atomic E-state index is 12.0. The van der Waals surface area contributed by atoms with E-state index in [1.807, 2.05) is 36.4 Å². The number of anilines is 1. The summed E-state index contributed by atoms with van der Waals surface area (Å²) < 4.78 is 0. The lowest BCUT2D eigenvalue weighted by Gasteiger charge is -2.15. The number of aliphatic hydroxyl groups excluding tert-OH is 1. The van der Waals surface area contributed by atoms with E-state index >= 15 is 0 Å². The van der Waals surface area contributed by atoms with Crippen molar-refractivity contribution in [2.45, 2.75) is 12.5 Å². The van der Waals surface area contributed by atoms with Crippen molar-refractivity contribution in [3.05, 3.63) is 65.2 Å². The van der Waals surface area contributed by atoms with Crippen molar-refractivity contribution in [1.29, 1.82) is 0 Å². The molecule has 0 fully saturated rings. The van der Waals surface area contributed by atoms with Crippen LogP contribution in [-0.4, -0.2) is 31.2 Å². The highest BCUT2D eigenvalue weighted by atomic mass is 16.3. The average Bonchev–Trinajstić information content (AvgIpc) is 2.93. The first-order valence-corrected chi connectivity index (χ1v) is 7.50. The first-order chi connectivity index (χ1) is 10.6. The molecular formula is C18H20N2O2. The minimum Gasteiger partial charge on any atom is -0.387 e. The number of fused-ring (bicyclic) bond motifs is 1. The normalized spacial score (nSPS) is 14.5. The number of likely N-dealkylation sites (N-methyl/N-ethyl adjacent to an activating group) is 1. The van der Waals surface area contributed by atoms with Crippen LogP contribution in [-0.2, 0) is 6.42 Å². The fourth-order valence-electron chi connectivity index (χ4n) is 2.79. The SMILES string of the molecule is CN1CCc2cc(C(O)CNC(=O)c3ccccc3)ccc21. The van der Waals surface area contributed by atoms with Gasteiger partial charge in [-0.1, -0.05) is 30.3 Å². The summed E-state index contributed by atoms with van der Waals surface area (Å²) in [5.74, 6) is -0.166. The van der Waals surface area contributed by atoms with Crippen LogP contribution in [0, 0.1) is 0 Å². The molecule has 0 bridgehead atoms. The summed E-state index contributed by atoms with van der Waals surface area (Å²) in [5.41, 5.74) is 3.94. The Morgan fingerprint density at radius 2 is 2.05 bits per heavy atom. The molecule has 0 radical (unpaired) electrons. The molecule has 2 aromatic rings. The molecule has 1 aliphatic rings. The van der Waals surface area contributed by atoms with Crippen molar-refractivity contribution < 1.29 is 9.90 Å². The van der Waals surface area contributed by atoms with Crippen molar-refractivity contribution in [3.63, 3.8) is 0 Å². The van der Waals surface area contributed by atoms with Crippen LogP contribution in [0.1, 0.15) is 27.6 Å². The van der Waals surface area contributed by atoms with Gasteiger partial charge in [-0.2, -0.15) is 0 Å². The predicted octanol–water partition coefficient (Wildman–Crippen LogP) is 2.14.